The van der Waals surface area contributed by atoms with E-state index in [0.29, 0.717) is 25.1 Å². The highest BCUT2D eigenvalue weighted by Crippen LogP contribution is 2.31. The van der Waals surface area contributed by atoms with Crippen LogP contribution in [0.2, 0.25) is 0 Å². The Morgan fingerprint density at radius 2 is 1.81 bits per heavy atom. The van der Waals surface area contributed by atoms with Crippen molar-refractivity contribution in [3.05, 3.63) is 65.2 Å². The molecular formula is C19H22ClN3O3S. The smallest absolute Gasteiger partial charge is 0.251 e. The van der Waals surface area contributed by atoms with Crippen molar-refractivity contribution in [3.8, 4) is 0 Å². The molecule has 0 aliphatic carbocycles. The highest BCUT2D eigenvalue weighted by molar-refractivity contribution is 7.89. The summed E-state index contributed by atoms with van der Waals surface area (Å²) >= 11 is 0. The molecule has 3 N–H and O–H groups in total. The van der Waals surface area contributed by atoms with Gasteiger partial charge < -0.3 is 11.1 Å². The van der Waals surface area contributed by atoms with Gasteiger partial charge in [-0.3, -0.25) is 4.79 Å². The maximum Gasteiger partial charge on any atom is 0.251 e. The maximum absolute atomic E-state index is 13.1. The fourth-order valence-electron chi connectivity index (χ4n) is 3.74. The lowest BCUT2D eigenvalue weighted by atomic mass is 9.95. The third kappa shape index (κ3) is 3.60. The second-order valence-electron chi connectivity index (χ2n) is 6.83. The van der Waals surface area contributed by atoms with Crippen LogP contribution in [-0.2, 0) is 16.4 Å². The van der Waals surface area contributed by atoms with Gasteiger partial charge in [-0.2, -0.15) is 4.31 Å². The SMILES string of the molecule is Cl.N[C@@H]1CN(S(=O)(=O)c2ccc3c(c2)C(=O)NCC3)C[C@H]1c1ccccc1. The third-order valence-corrected chi connectivity index (χ3v) is 7.03. The highest BCUT2D eigenvalue weighted by Gasteiger charge is 2.38. The van der Waals surface area contributed by atoms with Crippen LogP contribution in [0.4, 0.5) is 0 Å². The predicted molar refractivity (Wildman–Crippen MR) is 106 cm³/mol. The number of hydrogen-bond acceptors (Lipinski definition) is 4. The molecule has 0 spiro atoms. The largest absolute Gasteiger partial charge is 0.352 e. The molecule has 2 aromatic rings. The van der Waals surface area contributed by atoms with Gasteiger partial charge in [0.15, 0.2) is 0 Å². The van der Waals surface area contributed by atoms with E-state index in [4.69, 9.17) is 5.73 Å². The number of carbonyl (C=O) groups excluding carboxylic acids is 1. The first-order valence-corrected chi connectivity index (χ1v) is 10.1. The number of benzene rings is 2. The quantitative estimate of drug-likeness (QED) is 0.806. The second-order valence-corrected chi connectivity index (χ2v) is 8.77. The molecule has 0 unspecified atom stereocenters. The summed E-state index contributed by atoms with van der Waals surface area (Å²) < 4.78 is 27.6. The average Bonchev–Trinajstić information content (AvgIpc) is 3.05. The molecular weight excluding hydrogens is 386 g/mol. The summed E-state index contributed by atoms with van der Waals surface area (Å²) in [7, 11) is -3.70. The van der Waals surface area contributed by atoms with Crippen LogP contribution in [0.15, 0.2) is 53.4 Å². The number of amides is 1. The molecule has 1 fully saturated rings. The fourth-order valence-corrected chi connectivity index (χ4v) is 5.27. The topological polar surface area (TPSA) is 92.5 Å². The van der Waals surface area contributed by atoms with Crippen molar-refractivity contribution in [1.82, 2.24) is 9.62 Å². The zero-order chi connectivity index (χ0) is 18.3. The molecule has 0 bridgehead atoms. The Morgan fingerprint density at radius 3 is 2.56 bits per heavy atom. The van der Waals surface area contributed by atoms with E-state index in [2.05, 4.69) is 5.32 Å². The summed E-state index contributed by atoms with van der Waals surface area (Å²) in [5, 5.41) is 2.75. The molecule has 27 heavy (non-hydrogen) atoms. The lowest BCUT2D eigenvalue weighted by molar-refractivity contribution is 0.0945. The zero-order valence-corrected chi connectivity index (χ0v) is 16.3. The number of hydrogen-bond donors (Lipinski definition) is 2. The van der Waals surface area contributed by atoms with E-state index in [9.17, 15) is 13.2 Å². The van der Waals surface area contributed by atoms with E-state index in [0.717, 1.165) is 11.1 Å². The molecule has 2 aliphatic heterocycles. The van der Waals surface area contributed by atoms with Crippen LogP contribution in [-0.4, -0.2) is 44.3 Å². The van der Waals surface area contributed by atoms with E-state index < -0.39 is 10.0 Å². The first-order chi connectivity index (χ1) is 12.5. The van der Waals surface area contributed by atoms with Crippen molar-refractivity contribution in [2.75, 3.05) is 19.6 Å². The third-order valence-electron chi connectivity index (χ3n) is 5.20. The minimum atomic E-state index is -3.70. The summed E-state index contributed by atoms with van der Waals surface area (Å²) in [6.45, 7) is 1.19. The van der Waals surface area contributed by atoms with Gasteiger partial charge >= 0.3 is 0 Å². The number of nitrogens with zero attached hydrogens (tertiary/aromatic N) is 1. The molecule has 144 valence electrons. The van der Waals surface area contributed by atoms with Crippen LogP contribution in [0.5, 0.6) is 0 Å². The van der Waals surface area contributed by atoms with Crippen molar-refractivity contribution in [1.29, 1.82) is 0 Å². The predicted octanol–water partition coefficient (Wildman–Crippen LogP) is 1.51. The Kier molecular flexibility index (Phi) is 5.58. The van der Waals surface area contributed by atoms with E-state index >= 15 is 0 Å². The molecule has 2 aromatic carbocycles. The fraction of sp³-hybridized carbons (Fsp3) is 0.316. The minimum Gasteiger partial charge on any atom is -0.352 e. The maximum atomic E-state index is 13.1. The van der Waals surface area contributed by atoms with E-state index in [-0.39, 0.29) is 41.7 Å². The number of rotatable bonds is 3. The van der Waals surface area contributed by atoms with Gasteiger partial charge in [0.25, 0.3) is 5.91 Å². The lowest BCUT2D eigenvalue weighted by Gasteiger charge is -2.20. The molecule has 1 saturated heterocycles. The van der Waals surface area contributed by atoms with Gasteiger partial charge in [-0.1, -0.05) is 36.4 Å². The average molecular weight is 408 g/mol. The van der Waals surface area contributed by atoms with E-state index in [1.807, 2.05) is 30.3 Å². The van der Waals surface area contributed by atoms with Crippen molar-refractivity contribution < 1.29 is 13.2 Å². The molecule has 6 nitrogen and oxygen atoms in total. The minimum absolute atomic E-state index is 0. The Labute approximate surface area is 165 Å². The van der Waals surface area contributed by atoms with Crippen molar-refractivity contribution in [2.45, 2.75) is 23.3 Å². The van der Waals surface area contributed by atoms with Gasteiger partial charge in [-0.25, -0.2) is 8.42 Å². The van der Waals surface area contributed by atoms with Gasteiger partial charge in [-0.15, -0.1) is 12.4 Å². The van der Waals surface area contributed by atoms with E-state index in [1.165, 1.54) is 10.4 Å². The first kappa shape index (κ1) is 19.8. The molecule has 4 rings (SSSR count). The van der Waals surface area contributed by atoms with Crippen LogP contribution < -0.4 is 11.1 Å². The van der Waals surface area contributed by atoms with Crippen LogP contribution in [0.1, 0.15) is 27.4 Å². The number of carbonyl (C=O) groups is 1. The van der Waals surface area contributed by atoms with Crippen LogP contribution in [0, 0.1) is 0 Å². The Balaban J connectivity index is 0.00000210. The van der Waals surface area contributed by atoms with Gasteiger partial charge in [0.2, 0.25) is 10.0 Å². The number of halogens is 1. The van der Waals surface area contributed by atoms with Crippen LogP contribution in [0.25, 0.3) is 0 Å². The molecule has 2 aliphatic rings. The zero-order valence-electron chi connectivity index (χ0n) is 14.7. The summed E-state index contributed by atoms with van der Waals surface area (Å²) in [5.41, 5.74) is 8.61. The summed E-state index contributed by atoms with van der Waals surface area (Å²) in [4.78, 5) is 12.2. The number of sulfonamides is 1. The van der Waals surface area contributed by atoms with Crippen molar-refractivity contribution in [2.24, 2.45) is 5.73 Å². The van der Waals surface area contributed by atoms with Gasteiger partial charge in [-0.05, 0) is 29.7 Å². The first-order valence-electron chi connectivity index (χ1n) is 8.68. The molecule has 0 aromatic heterocycles. The monoisotopic (exact) mass is 407 g/mol. The number of nitrogens with two attached hydrogens (primary N) is 1. The summed E-state index contributed by atoms with van der Waals surface area (Å²) in [5.74, 6) is -0.254. The van der Waals surface area contributed by atoms with Crippen LogP contribution in [0.3, 0.4) is 0 Å². The molecule has 0 radical (unpaired) electrons. The second kappa shape index (κ2) is 7.59. The number of nitrogens with one attached hydrogen (secondary N) is 1. The normalized spacial score (nSPS) is 22.6. The van der Waals surface area contributed by atoms with Gasteiger partial charge in [0, 0.05) is 37.2 Å². The standard InChI is InChI=1S/C19H21N3O3S.ClH/c20-18-12-22(11-17(18)13-4-2-1-3-5-13)26(24,25)15-7-6-14-8-9-21-19(23)16(14)10-15;/h1-7,10,17-18H,8-9,11-12,20H2,(H,21,23);1H/t17-,18+;/m0./s1. The van der Waals surface area contributed by atoms with Crippen molar-refractivity contribution in [3.63, 3.8) is 0 Å². The van der Waals surface area contributed by atoms with Gasteiger partial charge in [0.05, 0.1) is 4.90 Å². The highest BCUT2D eigenvalue weighted by atomic mass is 35.5. The molecule has 2 heterocycles. The Bertz CT molecular complexity index is 950. The van der Waals surface area contributed by atoms with Crippen LogP contribution >= 0.6 is 12.4 Å². The lowest BCUT2D eigenvalue weighted by Crippen LogP contribution is -2.34. The summed E-state index contributed by atoms with van der Waals surface area (Å²) in [6, 6.07) is 14.3. The molecule has 2 atom stereocenters. The number of fused-ring (bicyclic) bond motifs is 1. The van der Waals surface area contributed by atoms with Gasteiger partial charge in [0.1, 0.15) is 0 Å². The summed E-state index contributed by atoms with van der Waals surface area (Å²) in [6.07, 6.45) is 0.714. The Morgan fingerprint density at radius 1 is 1.07 bits per heavy atom. The van der Waals surface area contributed by atoms with E-state index in [1.54, 1.807) is 12.1 Å². The van der Waals surface area contributed by atoms with Crippen molar-refractivity contribution >= 4 is 28.3 Å². The molecule has 8 heteroatoms. The molecule has 1 amide bonds. The Hall–Kier alpha value is -1.93. The molecule has 0 saturated carbocycles.